The largest absolute Gasteiger partial charge is 0.293 e. The topological polar surface area (TPSA) is 17.1 Å². The molecule has 2 aromatic carbocycles. The van der Waals surface area contributed by atoms with Crippen molar-refractivity contribution in [3.05, 3.63) is 65.5 Å². The highest BCUT2D eigenvalue weighted by atomic mass is 32.2. The Morgan fingerprint density at radius 1 is 1.17 bits per heavy atom. The fraction of sp³-hybridized carbons (Fsp3) is 0.133. The Bertz CT molecular complexity index is 566. The summed E-state index contributed by atoms with van der Waals surface area (Å²) < 4.78 is 13.4. The van der Waals surface area contributed by atoms with E-state index in [0.717, 1.165) is 10.5 Å². The van der Waals surface area contributed by atoms with Gasteiger partial charge in [-0.1, -0.05) is 29.8 Å². The van der Waals surface area contributed by atoms with Gasteiger partial charge in [0.25, 0.3) is 0 Å². The molecule has 0 saturated carbocycles. The first-order chi connectivity index (χ1) is 8.66. The Labute approximate surface area is 110 Å². The maximum absolute atomic E-state index is 13.4. The van der Waals surface area contributed by atoms with E-state index in [1.165, 1.54) is 23.9 Å². The summed E-state index contributed by atoms with van der Waals surface area (Å²) in [6.45, 7) is 2.00. The van der Waals surface area contributed by atoms with Crippen LogP contribution in [0.5, 0.6) is 0 Å². The molecule has 0 amide bonds. The second-order valence-electron chi connectivity index (χ2n) is 4.01. The van der Waals surface area contributed by atoms with Crippen LogP contribution in [0.3, 0.4) is 0 Å². The maximum Gasteiger partial charge on any atom is 0.176 e. The number of rotatable bonds is 4. The van der Waals surface area contributed by atoms with Crippen LogP contribution in [-0.4, -0.2) is 11.5 Å². The third-order valence-corrected chi connectivity index (χ3v) is 3.53. The Kier molecular flexibility index (Phi) is 4.15. The monoisotopic (exact) mass is 260 g/mol. The van der Waals surface area contributed by atoms with Crippen LogP contribution in [0.4, 0.5) is 4.39 Å². The molecule has 0 aliphatic heterocycles. The van der Waals surface area contributed by atoms with Gasteiger partial charge in [0.1, 0.15) is 5.82 Å². The zero-order valence-electron chi connectivity index (χ0n) is 10.0. The predicted octanol–water partition coefficient (Wildman–Crippen LogP) is 4.11. The Morgan fingerprint density at radius 2 is 1.94 bits per heavy atom. The molecule has 18 heavy (non-hydrogen) atoms. The van der Waals surface area contributed by atoms with Crippen molar-refractivity contribution in [2.75, 3.05) is 5.75 Å². The first kappa shape index (κ1) is 12.8. The lowest BCUT2D eigenvalue weighted by atomic mass is 10.1. The number of hydrogen-bond acceptors (Lipinski definition) is 2. The number of benzene rings is 2. The van der Waals surface area contributed by atoms with Crippen LogP contribution in [0.2, 0.25) is 0 Å². The maximum atomic E-state index is 13.4. The molecule has 0 bridgehead atoms. The van der Waals surface area contributed by atoms with E-state index in [1.54, 1.807) is 12.1 Å². The summed E-state index contributed by atoms with van der Waals surface area (Å²) in [5, 5.41) is 0. The van der Waals surface area contributed by atoms with Gasteiger partial charge in [0.2, 0.25) is 0 Å². The molecule has 0 radical (unpaired) electrons. The minimum atomic E-state index is -0.452. The molecular weight excluding hydrogens is 247 g/mol. The van der Waals surface area contributed by atoms with E-state index in [-0.39, 0.29) is 17.1 Å². The molecule has 0 saturated heterocycles. The minimum absolute atomic E-state index is 0.164. The van der Waals surface area contributed by atoms with Gasteiger partial charge in [-0.2, -0.15) is 0 Å². The fourth-order valence-corrected chi connectivity index (χ4v) is 2.52. The van der Waals surface area contributed by atoms with Gasteiger partial charge in [0.05, 0.1) is 11.3 Å². The summed E-state index contributed by atoms with van der Waals surface area (Å²) >= 11 is 1.43. The third kappa shape index (κ3) is 3.20. The van der Waals surface area contributed by atoms with E-state index >= 15 is 0 Å². The molecule has 0 atom stereocenters. The normalized spacial score (nSPS) is 10.3. The van der Waals surface area contributed by atoms with Gasteiger partial charge in [-0.3, -0.25) is 4.79 Å². The highest BCUT2D eigenvalue weighted by Gasteiger charge is 2.10. The van der Waals surface area contributed by atoms with Crippen molar-refractivity contribution in [3.8, 4) is 0 Å². The fourth-order valence-electron chi connectivity index (χ4n) is 1.62. The number of thioether (sulfide) groups is 1. The number of aryl methyl sites for hydroxylation is 1. The third-order valence-electron chi connectivity index (χ3n) is 2.53. The van der Waals surface area contributed by atoms with E-state index in [0.29, 0.717) is 0 Å². The lowest BCUT2D eigenvalue weighted by Gasteiger charge is -2.03. The van der Waals surface area contributed by atoms with Crippen LogP contribution < -0.4 is 0 Å². The average molecular weight is 260 g/mol. The summed E-state index contributed by atoms with van der Waals surface area (Å²) in [7, 11) is 0. The molecule has 2 aromatic rings. The zero-order chi connectivity index (χ0) is 13.0. The number of hydrogen-bond donors (Lipinski definition) is 0. The highest BCUT2D eigenvalue weighted by molar-refractivity contribution is 8.00. The second kappa shape index (κ2) is 5.83. The van der Waals surface area contributed by atoms with Crippen LogP contribution in [0, 0.1) is 12.7 Å². The van der Waals surface area contributed by atoms with E-state index in [2.05, 4.69) is 0 Å². The second-order valence-corrected chi connectivity index (χ2v) is 5.06. The summed E-state index contributed by atoms with van der Waals surface area (Å²) in [6.07, 6.45) is 0. The van der Waals surface area contributed by atoms with Crippen molar-refractivity contribution in [1.29, 1.82) is 0 Å². The molecule has 0 aromatic heterocycles. The summed E-state index contributed by atoms with van der Waals surface area (Å²) in [6, 6.07) is 14.0. The van der Waals surface area contributed by atoms with Gasteiger partial charge in [-0.15, -0.1) is 11.8 Å². The van der Waals surface area contributed by atoms with Crippen molar-refractivity contribution in [2.45, 2.75) is 11.8 Å². The van der Waals surface area contributed by atoms with Crippen molar-refractivity contribution in [1.82, 2.24) is 0 Å². The minimum Gasteiger partial charge on any atom is -0.293 e. The molecule has 0 fully saturated rings. The molecule has 0 aliphatic carbocycles. The molecule has 0 aliphatic rings. The highest BCUT2D eigenvalue weighted by Crippen LogP contribution is 2.20. The van der Waals surface area contributed by atoms with E-state index < -0.39 is 5.82 Å². The Balaban J connectivity index is 2.03. The summed E-state index contributed by atoms with van der Waals surface area (Å²) in [5.41, 5.74) is 1.32. The van der Waals surface area contributed by atoms with E-state index in [9.17, 15) is 9.18 Å². The van der Waals surface area contributed by atoms with Crippen LogP contribution in [0.25, 0.3) is 0 Å². The number of ketones is 1. The molecule has 1 nitrogen and oxygen atoms in total. The van der Waals surface area contributed by atoms with Crippen molar-refractivity contribution < 1.29 is 9.18 Å². The quantitative estimate of drug-likeness (QED) is 0.608. The lowest BCUT2D eigenvalue weighted by Crippen LogP contribution is -2.04. The average Bonchev–Trinajstić information content (AvgIpc) is 2.37. The van der Waals surface area contributed by atoms with Crippen LogP contribution in [-0.2, 0) is 0 Å². The van der Waals surface area contributed by atoms with Gasteiger partial charge in [-0.25, -0.2) is 4.39 Å². The van der Waals surface area contributed by atoms with Crippen LogP contribution in [0.15, 0.2) is 53.4 Å². The van der Waals surface area contributed by atoms with Crippen LogP contribution >= 0.6 is 11.8 Å². The number of Topliss-reactive ketones (excluding diaryl/α,β-unsaturated/α-hetero) is 1. The summed E-state index contributed by atoms with van der Waals surface area (Å²) in [5.74, 6) is -0.378. The van der Waals surface area contributed by atoms with Crippen molar-refractivity contribution in [2.24, 2.45) is 0 Å². The lowest BCUT2D eigenvalue weighted by molar-refractivity contribution is 0.101. The van der Waals surface area contributed by atoms with Gasteiger partial charge < -0.3 is 0 Å². The first-order valence-corrected chi connectivity index (χ1v) is 6.62. The van der Waals surface area contributed by atoms with Gasteiger partial charge in [-0.05, 0) is 31.2 Å². The smallest absolute Gasteiger partial charge is 0.176 e. The zero-order valence-corrected chi connectivity index (χ0v) is 10.8. The molecular formula is C15H13FOS. The number of carbonyl (C=O) groups excluding carboxylic acids is 1. The summed E-state index contributed by atoms with van der Waals surface area (Å²) in [4.78, 5) is 12.9. The van der Waals surface area contributed by atoms with Crippen molar-refractivity contribution >= 4 is 17.5 Å². The molecule has 0 spiro atoms. The Hall–Kier alpha value is -1.61. The standard InChI is InChI=1S/C15H13FOS/c1-11-5-4-6-12(9-11)18-10-15(17)13-7-2-3-8-14(13)16/h2-9H,10H2,1H3. The Morgan fingerprint density at radius 3 is 2.67 bits per heavy atom. The molecule has 0 N–H and O–H groups in total. The predicted molar refractivity (Wildman–Crippen MR) is 72.6 cm³/mol. The molecule has 0 heterocycles. The number of carbonyl (C=O) groups is 1. The first-order valence-electron chi connectivity index (χ1n) is 5.64. The van der Waals surface area contributed by atoms with Gasteiger partial charge in [0.15, 0.2) is 5.78 Å². The SMILES string of the molecule is Cc1cccc(SCC(=O)c2ccccc2F)c1. The van der Waals surface area contributed by atoms with Gasteiger partial charge in [0, 0.05) is 4.90 Å². The van der Waals surface area contributed by atoms with Gasteiger partial charge >= 0.3 is 0 Å². The van der Waals surface area contributed by atoms with E-state index in [4.69, 9.17) is 0 Å². The molecule has 3 heteroatoms. The molecule has 2 rings (SSSR count). The molecule has 92 valence electrons. The number of halogens is 1. The van der Waals surface area contributed by atoms with Crippen molar-refractivity contribution in [3.63, 3.8) is 0 Å². The molecule has 0 unspecified atom stereocenters. The van der Waals surface area contributed by atoms with Crippen LogP contribution in [0.1, 0.15) is 15.9 Å². The van der Waals surface area contributed by atoms with E-state index in [1.807, 2.05) is 31.2 Å².